The Morgan fingerprint density at radius 1 is 0.833 bits per heavy atom. The van der Waals surface area contributed by atoms with Gasteiger partial charge in [-0.25, -0.2) is 0 Å². The van der Waals surface area contributed by atoms with Crippen LogP contribution in [0.4, 0.5) is 0 Å². The molecule has 0 radical (unpaired) electrons. The first-order valence-corrected chi connectivity index (χ1v) is 14.8. The van der Waals surface area contributed by atoms with Gasteiger partial charge in [-0.3, -0.25) is 0 Å². The van der Waals surface area contributed by atoms with Crippen LogP contribution in [0.5, 0.6) is 0 Å². The number of aliphatic hydroxyl groups excluding tert-OH is 1. The highest BCUT2D eigenvalue weighted by Crippen LogP contribution is 2.73. The molecule has 0 aromatic heterocycles. The lowest BCUT2D eigenvalue weighted by Crippen LogP contribution is -2.61. The van der Waals surface area contributed by atoms with Gasteiger partial charge in [0.25, 0.3) is 0 Å². The van der Waals surface area contributed by atoms with E-state index in [9.17, 15) is 15.3 Å². The monoisotopic (exact) mass is 506 g/mol. The molecule has 5 heteroatoms. The zero-order valence-electron chi connectivity index (χ0n) is 24.5. The molecule has 5 fully saturated rings. The van der Waals surface area contributed by atoms with E-state index in [1.165, 1.54) is 0 Å². The lowest BCUT2D eigenvalue weighted by molar-refractivity contribution is -0.207. The molecule has 5 aliphatic rings. The van der Waals surface area contributed by atoms with Crippen molar-refractivity contribution in [1.29, 1.82) is 0 Å². The van der Waals surface area contributed by atoms with Crippen molar-refractivity contribution in [3.63, 3.8) is 0 Å². The molecule has 0 aromatic rings. The van der Waals surface area contributed by atoms with Crippen LogP contribution in [-0.2, 0) is 9.47 Å². The van der Waals surface area contributed by atoms with E-state index in [-0.39, 0.29) is 40.0 Å². The molecule has 0 aromatic carbocycles. The average molecular weight is 507 g/mol. The maximum absolute atomic E-state index is 11.8. The fourth-order valence-corrected chi connectivity index (χ4v) is 10.1. The zero-order valence-corrected chi connectivity index (χ0v) is 24.5. The quantitative estimate of drug-likeness (QED) is 0.433. The number of hydrogen-bond donors (Lipinski definition) is 3. The summed E-state index contributed by atoms with van der Waals surface area (Å²) in [7, 11) is 0. The van der Waals surface area contributed by atoms with Crippen molar-refractivity contribution in [2.75, 3.05) is 0 Å². The highest BCUT2D eigenvalue weighted by molar-refractivity contribution is 5.27. The topological polar surface area (TPSA) is 82.5 Å². The lowest BCUT2D eigenvalue weighted by Gasteiger charge is -2.58. The summed E-state index contributed by atoms with van der Waals surface area (Å²) in [4.78, 5) is 0. The molecular weight excluding hydrogens is 452 g/mol. The molecule has 2 saturated heterocycles. The van der Waals surface area contributed by atoms with Crippen LogP contribution in [0.15, 0.2) is 0 Å². The van der Waals surface area contributed by atoms with Crippen molar-refractivity contribution >= 4 is 0 Å². The fraction of sp³-hybridized carbons (Fsp3) is 1.00. The van der Waals surface area contributed by atoms with E-state index in [4.69, 9.17) is 9.47 Å². The van der Waals surface area contributed by atoms with E-state index >= 15 is 0 Å². The largest absolute Gasteiger partial charge is 0.390 e. The highest BCUT2D eigenvalue weighted by Gasteiger charge is 2.79. The van der Waals surface area contributed by atoms with Gasteiger partial charge >= 0.3 is 0 Å². The van der Waals surface area contributed by atoms with E-state index < -0.39 is 22.9 Å². The van der Waals surface area contributed by atoms with Crippen molar-refractivity contribution in [3.05, 3.63) is 0 Å². The summed E-state index contributed by atoms with van der Waals surface area (Å²) in [5.74, 6) is 1.000. The molecule has 11 atom stereocenters. The van der Waals surface area contributed by atoms with Gasteiger partial charge in [0, 0.05) is 5.92 Å². The third kappa shape index (κ3) is 3.73. The van der Waals surface area contributed by atoms with E-state index in [0.717, 1.165) is 51.4 Å². The van der Waals surface area contributed by atoms with Gasteiger partial charge in [-0.05, 0) is 121 Å². The van der Waals surface area contributed by atoms with Crippen molar-refractivity contribution in [2.45, 2.75) is 160 Å². The van der Waals surface area contributed by atoms with Crippen LogP contribution in [0, 0.1) is 34.5 Å². The number of epoxide rings is 1. The van der Waals surface area contributed by atoms with Gasteiger partial charge in [0.1, 0.15) is 5.60 Å². The molecular formula is C31H54O5. The Balaban J connectivity index is 1.47. The molecule has 0 amide bonds. The summed E-state index contributed by atoms with van der Waals surface area (Å²) in [6.45, 7) is 19.8. The molecule has 0 spiro atoms. The van der Waals surface area contributed by atoms with Crippen LogP contribution in [0.25, 0.3) is 0 Å². The second kappa shape index (κ2) is 7.93. The van der Waals surface area contributed by atoms with Crippen molar-refractivity contribution < 1.29 is 24.8 Å². The molecule has 208 valence electrons. The molecule has 0 unspecified atom stereocenters. The minimum Gasteiger partial charge on any atom is -0.390 e. The summed E-state index contributed by atoms with van der Waals surface area (Å²) in [5, 5.41) is 34.2. The molecule has 5 rings (SSSR count). The molecule has 3 saturated carbocycles. The average Bonchev–Trinajstić information content (AvgIpc) is 3.39. The Labute approximate surface area is 219 Å². The Morgan fingerprint density at radius 3 is 2.17 bits per heavy atom. The normalized spacial score (nSPS) is 57.7. The van der Waals surface area contributed by atoms with Crippen molar-refractivity contribution in [2.24, 2.45) is 34.5 Å². The molecule has 5 nitrogen and oxygen atoms in total. The summed E-state index contributed by atoms with van der Waals surface area (Å²) in [6.07, 6.45) is 7.30. The second-order valence-corrected chi connectivity index (χ2v) is 15.9. The van der Waals surface area contributed by atoms with Gasteiger partial charge in [0.2, 0.25) is 0 Å². The van der Waals surface area contributed by atoms with Crippen LogP contribution in [0.2, 0.25) is 0 Å². The van der Waals surface area contributed by atoms with Gasteiger partial charge in [0.05, 0.1) is 34.6 Å². The van der Waals surface area contributed by atoms with Crippen LogP contribution in [-0.4, -0.2) is 55.5 Å². The Hall–Kier alpha value is -0.200. The number of fused-ring (bicyclic) bond motifs is 4. The Bertz CT molecular complexity index is 878. The first kappa shape index (κ1) is 27.4. The number of hydrogen-bond acceptors (Lipinski definition) is 5. The molecule has 3 N–H and O–H groups in total. The molecule has 0 bridgehead atoms. The van der Waals surface area contributed by atoms with E-state index in [1.54, 1.807) is 0 Å². The predicted octanol–water partition coefficient (Wildman–Crippen LogP) is 5.62. The molecule has 36 heavy (non-hydrogen) atoms. The highest BCUT2D eigenvalue weighted by atomic mass is 16.6. The molecule has 2 aliphatic heterocycles. The van der Waals surface area contributed by atoms with Gasteiger partial charge in [-0.15, -0.1) is 0 Å². The van der Waals surface area contributed by atoms with Gasteiger partial charge in [-0.1, -0.05) is 27.7 Å². The van der Waals surface area contributed by atoms with Crippen LogP contribution in [0.1, 0.15) is 120 Å². The summed E-state index contributed by atoms with van der Waals surface area (Å²) in [6, 6.07) is 0. The first-order valence-electron chi connectivity index (χ1n) is 14.8. The van der Waals surface area contributed by atoms with Gasteiger partial charge < -0.3 is 24.8 Å². The van der Waals surface area contributed by atoms with E-state index in [1.807, 2.05) is 20.8 Å². The Morgan fingerprint density at radius 2 is 1.50 bits per heavy atom. The summed E-state index contributed by atoms with van der Waals surface area (Å²) >= 11 is 0. The van der Waals surface area contributed by atoms with Crippen LogP contribution >= 0.6 is 0 Å². The maximum Gasteiger partial charge on any atom is 0.102 e. The third-order valence-corrected chi connectivity index (χ3v) is 12.8. The first-order chi connectivity index (χ1) is 16.3. The maximum atomic E-state index is 11.8. The fourth-order valence-electron chi connectivity index (χ4n) is 10.1. The number of rotatable bonds is 3. The Kier molecular flexibility index (Phi) is 6.03. The summed E-state index contributed by atoms with van der Waals surface area (Å²) in [5.41, 5.74) is -2.53. The van der Waals surface area contributed by atoms with Crippen molar-refractivity contribution in [3.8, 4) is 0 Å². The van der Waals surface area contributed by atoms with Gasteiger partial charge in [-0.2, -0.15) is 0 Å². The van der Waals surface area contributed by atoms with Gasteiger partial charge in [0.15, 0.2) is 0 Å². The molecule has 3 aliphatic carbocycles. The van der Waals surface area contributed by atoms with E-state index in [2.05, 4.69) is 41.5 Å². The second-order valence-electron chi connectivity index (χ2n) is 15.9. The SMILES string of the molecule is C[C@H]1C[C@H]2[C@H](C(C)(C)CC[C@]2(C)O)[C@@]2(CC[C@H]3[C@]4(C)CC[C@H](O)C(C)(C)O[C@H]4CC[C@]3(C)O)O[C@@]12C. The smallest absolute Gasteiger partial charge is 0.102 e. The number of aliphatic hydroxyl groups is 3. The zero-order chi connectivity index (χ0) is 26.7. The predicted molar refractivity (Wildman–Crippen MR) is 142 cm³/mol. The minimum absolute atomic E-state index is 0.0313. The minimum atomic E-state index is -0.775. The third-order valence-electron chi connectivity index (χ3n) is 12.8. The van der Waals surface area contributed by atoms with Crippen LogP contribution < -0.4 is 0 Å². The lowest BCUT2D eigenvalue weighted by atomic mass is 9.46. The number of ether oxygens (including phenoxy) is 2. The van der Waals surface area contributed by atoms with E-state index in [0.29, 0.717) is 18.3 Å². The molecule has 2 heterocycles. The van der Waals surface area contributed by atoms with Crippen LogP contribution in [0.3, 0.4) is 0 Å². The summed E-state index contributed by atoms with van der Waals surface area (Å²) < 4.78 is 13.5. The van der Waals surface area contributed by atoms with Crippen molar-refractivity contribution in [1.82, 2.24) is 0 Å². The standard InChI is InChI=1S/C31H54O5/c1-19-18-20-24(25(2,3)16-17-28(20,7)33)31(30(19,9)36-31)15-10-21-27(6)13-11-22(32)26(4,5)35-23(27)12-14-29(21,8)34/h19-24,32-34H,10-18H2,1-9H3/t19-,20-,21-,22-,23-,24+,27-,28-,29-,30-,31+/m0/s1.